The molecule has 0 radical (unpaired) electrons. The quantitative estimate of drug-likeness (QED) is 0.901. The highest BCUT2D eigenvalue weighted by molar-refractivity contribution is 9.10. The molecule has 18 heavy (non-hydrogen) atoms. The Morgan fingerprint density at radius 1 is 1.50 bits per heavy atom. The predicted octanol–water partition coefficient (Wildman–Crippen LogP) is 3.02. The van der Waals surface area contributed by atoms with Crippen LogP contribution in [0.3, 0.4) is 0 Å². The van der Waals surface area contributed by atoms with Crippen LogP contribution in [0, 0.1) is 11.3 Å². The second kappa shape index (κ2) is 5.41. The topological polar surface area (TPSA) is 41.1 Å². The third kappa shape index (κ3) is 2.59. The van der Waals surface area contributed by atoms with E-state index in [9.17, 15) is 4.79 Å². The fourth-order valence-corrected chi connectivity index (χ4v) is 2.88. The molecule has 1 unspecified atom stereocenters. The number of carbonyl (C=O) groups excluding carboxylic acids is 1. The van der Waals surface area contributed by atoms with Crippen LogP contribution >= 0.6 is 15.9 Å². The predicted molar refractivity (Wildman–Crippen MR) is 77.5 cm³/mol. The number of carbonyl (C=O) groups is 1. The lowest BCUT2D eigenvalue weighted by molar-refractivity contribution is -0.126. The van der Waals surface area contributed by atoms with Gasteiger partial charge in [0.25, 0.3) is 0 Å². The Labute approximate surface area is 116 Å². The zero-order valence-corrected chi connectivity index (χ0v) is 12.4. The molecule has 1 heterocycles. The molecule has 0 saturated carbocycles. The van der Waals surface area contributed by atoms with E-state index in [1.165, 1.54) is 0 Å². The first kappa shape index (κ1) is 13.6. The van der Waals surface area contributed by atoms with Gasteiger partial charge < -0.3 is 10.6 Å². The molecule has 98 valence electrons. The maximum Gasteiger partial charge on any atom is 0.232 e. The second-order valence-electron chi connectivity index (χ2n) is 5.20. The van der Waals surface area contributed by atoms with Gasteiger partial charge in [-0.05, 0) is 37.1 Å². The van der Waals surface area contributed by atoms with Crippen LogP contribution in [0.2, 0.25) is 0 Å². The molecule has 1 saturated heterocycles. The van der Waals surface area contributed by atoms with Crippen molar-refractivity contribution >= 4 is 27.5 Å². The van der Waals surface area contributed by atoms with Gasteiger partial charge >= 0.3 is 0 Å². The third-order valence-electron chi connectivity index (χ3n) is 3.83. The molecule has 1 aliphatic heterocycles. The standard InChI is InChI=1S/C14H19BrN2O/c1-10(2)14(6-7-16-9-14)13(18)17-12-5-3-4-11(15)8-12/h3-5,8,10,16H,6-7,9H2,1-2H3,(H,17,18). The van der Waals surface area contributed by atoms with Crippen molar-refractivity contribution in [2.45, 2.75) is 20.3 Å². The van der Waals surface area contributed by atoms with E-state index in [1.807, 2.05) is 24.3 Å². The molecular weight excluding hydrogens is 292 g/mol. The molecule has 1 amide bonds. The normalized spacial score (nSPS) is 23.3. The van der Waals surface area contributed by atoms with E-state index in [1.54, 1.807) is 0 Å². The number of rotatable bonds is 3. The van der Waals surface area contributed by atoms with Gasteiger partial charge in [-0.1, -0.05) is 35.8 Å². The first-order valence-corrected chi connectivity index (χ1v) is 7.12. The average Bonchev–Trinajstić information content (AvgIpc) is 2.79. The van der Waals surface area contributed by atoms with Crippen LogP contribution in [0.25, 0.3) is 0 Å². The number of anilines is 1. The summed E-state index contributed by atoms with van der Waals surface area (Å²) in [5.74, 6) is 0.459. The molecule has 1 aromatic rings. The van der Waals surface area contributed by atoms with E-state index < -0.39 is 0 Å². The van der Waals surface area contributed by atoms with Gasteiger partial charge in [-0.3, -0.25) is 4.79 Å². The molecule has 1 atom stereocenters. The SMILES string of the molecule is CC(C)C1(C(=O)Nc2cccc(Br)c2)CCNC1. The second-order valence-corrected chi connectivity index (χ2v) is 6.12. The van der Waals surface area contributed by atoms with Gasteiger partial charge in [-0.15, -0.1) is 0 Å². The van der Waals surface area contributed by atoms with E-state index in [0.29, 0.717) is 5.92 Å². The van der Waals surface area contributed by atoms with Gasteiger partial charge in [-0.25, -0.2) is 0 Å². The minimum Gasteiger partial charge on any atom is -0.326 e. The Kier molecular flexibility index (Phi) is 4.07. The molecule has 0 spiro atoms. The lowest BCUT2D eigenvalue weighted by Gasteiger charge is -2.31. The van der Waals surface area contributed by atoms with Gasteiger partial charge in [0.2, 0.25) is 5.91 Å². The van der Waals surface area contributed by atoms with Gasteiger partial charge in [0.15, 0.2) is 0 Å². The summed E-state index contributed by atoms with van der Waals surface area (Å²) in [6.45, 7) is 5.93. The maximum absolute atomic E-state index is 12.5. The van der Waals surface area contributed by atoms with Crippen LogP contribution in [0.5, 0.6) is 0 Å². The number of nitrogens with one attached hydrogen (secondary N) is 2. The Hall–Kier alpha value is -0.870. The van der Waals surface area contributed by atoms with Crippen LogP contribution in [0.4, 0.5) is 5.69 Å². The molecule has 1 aliphatic rings. The highest BCUT2D eigenvalue weighted by atomic mass is 79.9. The zero-order valence-electron chi connectivity index (χ0n) is 10.8. The lowest BCUT2D eigenvalue weighted by atomic mass is 9.75. The summed E-state index contributed by atoms with van der Waals surface area (Å²) in [6.07, 6.45) is 0.907. The minimum absolute atomic E-state index is 0.126. The van der Waals surface area contributed by atoms with Crippen molar-refractivity contribution in [1.82, 2.24) is 5.32 Å². The Balaban J connectivity index is 2.16. The van der Waals surface area contributed by atoms with Crippen LogP contribution in [0.1, 0.15) is 20.3 Å². The van der Waals surface area contributed by atoms with E-state index in [0.717, 1.165) is 29.7 Å². The Morgan fingerprint density at radius 3 is 2.83 bits per heavy atom. The van der Waals surface area contributed by atoms with E-state index >= 15 is 0 Å². The zero-order chi connectivity index (χ0) is 13.2. The van der Waals surface area contributed by atoms with Gasteiger partial charge in [-0.2, -0.15) is 0 Å². The summed E-state index contributed by atoms with van der Waals surface area (Å²) in [6, 6.07) is 7.72. The van der Waals surface area contributed by atoms with Crippen molar-refractivity contribution in [3.63, 3.8) is 0 Å². The van der Waals surface area contributed by atoms with Crippen molar-refractivity contribution in [2.24, 2.45) is 11.3 Å². The fourth-order valence-electron chi connectivity index (χ4n) is 2.48. The first-order valence-electron chi connectivity index (χ1n) is 6.32. The van der Waals surface area contributed by atoms with Crippen molar-refractivity contribution in [2.75, 3.05) is 18.4 Å². The Bertz CT molecular complexity index is 439. The molecule has 1 fully saturated rings. The average molecular weight is 311 g/mol. The molecule has 0 aliphatic carbocycles. The van der Waals surface area contributed by atoms with Crippen LogP contribution < -0.4 is 10.6 Å². The number of benzene rings is 1. The van der Waals surface area contributed by atoms with Crippen molar-refractivity contribution < 1.29 is 4.79 Å². The third-order valence-corrected chi connectivity index (χ3v) is 4.32. The summed E-state index contributed by atoms with van der Waals surface area (Å²) in [5, 5.41) is 6.34. The number of amides is 1. The lowest BCUT2D eigenvalue weighted by Crippen LogP contribution is -2.42. The van der Waals surface area contributed by atoms with E-state index in [2.05, 4.69) is 40.4 Å². The summed E-state index contributed by atoms with van der Waals surface area (Å²) in [7, 11) is 0. The van der Waals surface area contributed by atoms with Gasteiger partial charge in [0, 0.05) is 16.7 Å². The molecule has 1 aromatic carbocycles. The number of halogens is 1. The molecule has 2 rings (SSSR count). The molecule has 2 N–H and O–H groups in total. The largest absolute Gasteiger partial charge is 0.326 e. The van der Waals surface area contributed by atoms with E-state index in [4.69, 9.17) is 0 Å². The fraction of sp³-hybridized carbons (Fsp3) is 0.500. The summed E-state index contributed by atoms with van der Waals surface area (Å²) in [4.78, 5) is 12.5. The number of hydrogen-bond donors (Lipinski definition) is 2. The van der Waals surface area contributed by atoms with Crippen molar-refractivity contribution in [3.05, 3.63) is 28.7 Å². The smallest absolute Gasteiger partial charge is 0.232 e. The monoisotopic (exact) mass is 310 g/mol. The van der Waals surface area contributed by atoms with Crippen LogP contribution in [-0.4, -0.2) is 19.0 Å². The Morgan fingerprint density at radius 2 is 2.28 bits per heavy atom. The van der Waals surface area contributed by atoms with Gasteiger partial charge in [0.05, 0.1) is 5.41 Å². The van der Waals surface area contributed by atoms with Crippen molar-refractivity contribution in [3.8, 4) is 0 Å². The highest BCUT2D eigenvalue weighted by Gasteiger charge is 2.43. The number of hydrogen-bond acceptors (Lipinski definition) is 2. The van der Waals surface area contributed by atoms with Crippen molar-refractivity contribution in [1.29, 1.82) is 0 Å². The van der Waals surface area contributed by atoms with Gasteiger partial charge in [0.1, 0.15) is 0 Å². The highest BCUT2D eigenvalue weighted by Crippen LogP contribution is 2.35. The summed E-state index contributed by atoms with van der Waals surface area (Å²) in [5.41, 5.74) is 0.573. The van der Waals surface area contributed by atoms with Crippen LogP contribution in [-0.2, 0) is 4.79 Å². The maximum atomic E-state index is 12.5. The molecule has 0 aromatic heterocycles. The molecular formula is C14H19BrN2O. The first-order chi connectivity index (χ1) is 8.54. The summed E-state index contributed by atoms with van der Waals surface area (Å²) < 4.78 is 0.975. The van der Waals surface area contributed by atoms with Crippen LogP contribution in [0.15, 0.2) is 28.7 Å². The summed E-state index contributed by atoms with van der Waals surface area (Å²) >= 11 is 3.41. The molecule has 4 heteroatoms. The minimum atomic E-state index is -0.275. The van der Waals surface area contributed by atoms with E-state index in [-0.39, 0.29) is 11.3 Å². The molecule has 0 bridgehead atoms. The molecule has 3 nitrogen and oxygen atoms in total.